The van der Waals surface area contributed by atoms with E-state index in [9.17, 15) is 4.39 Å². The van der Waals surface area contributed by atoms with Gasteiger partial charge in [0.2, 0.25) is 0 Å². The minimum Gasteiger partial charge on any atom is -0.382 e. The number of hydrogen-bond acceptors (Lipinski definition) is 4. The molecule has 13 heavy (non-hydrogen) atoms. The van der Waals surface area contributed by atoms with Crippen molar-refractivity contribution in [3.8, 4) is 0 Å². The van der Waals surface area contributed by atoms with E-state index in [1.165, 1.54) is 0 Å². The number of hydrogen-bond donors (Lipinski definition) is 1. The highest BCUT2D eigenvalue weighted by molar-refractivity contribution is 14.1. The lowest BCUT2D eigenvalue weighted by molar-refractivity contribution is 0.631. The summed E-state index contributed by atoms with van der Waals surface area (Å²) in [5, 5.41) is 7.72. The minimum absolute atomic E-state index is 0.111. The normalized spacial score (nSPS) is 11.0. The van der Waals surface area contributed by atoms with Crippen LogP contribution in [0.2, 0.25) is 0 Å². The van der Waals surface area contributed by atoms with E-state index in [2.05, 4.69) is 15.2 Å². The van der Waals surface area contributed by atoms with Gasteiger partial charge in [0.05, 0.1) is 0 Å². The smallest absolute Gasteiger partial charge is 0.188 e. The third-order valence-electron chi connectivity index (χ3n) is 1.54. The van der Waals surface area contributed by atoms with Crippen molar-refractivity contribution in [2.75, 3.05) is 5.73 Å². The van der Waals surface area contributed by atoms with Crippen LogP contribution < -0.4 is 5.73 Å². The van der Waals surface area contributed by atoms with Gasteiger partial charge in [0.25, 0.3) is 0 Å². The molecule has 7 heteroatoms. The van der Waals surface area contributed by atoms with Crippen LogP contribution in [-0.4, -0.2) is 19.8 Å². The molecule has 0 unspecified atom stereocenters. The monoisotopic (exact) mass is 293 g/mol. The molecule has 0 amide bonds. The molecule has 0 atom stereocenters. The molecule has 2 rings (SSSR count). The molecule has 0 saturated heterocycles. The first-order valence-corrected chi connectivity index (χ1v) is 4.51. The first-order chi connectivity index (χ1) is 6.09. The molecule has 0 saturated carbocycles. The summed E-state index contributed by atoms with van der Waals surface area (Å²) >= 11 is 1.78. The van der Waals surface area contributed by atoms with E-state index in [1.54, 1.807) is 29.5 Å². The maximum Gasteiger partial charge on any atom is 0.188 e. The van der Waals surface area contributed by atoms with E-state index in [-0.39, 0.29) is 15.0 Å². The standard InChI is InChI=1S/C6H5FIN5/c1-2-10-6(9)4-3(7)5(8)12-13(4)11-2/h1H3,(H2,9,10,11). The lowest BCUT2D eigenvalue weighted by atomic mass is 10.5. The molecule has 0 spiro atoms. The average molecular weight is 293 g/mol. The van der Waals surface area contributed by atoms with Crippen LogP contribution in [0.4, 0.5) is 10.2 Å². The first kappa shape index (κ1) is 8.60. The first-order valence-electron chi connectivity index (χ1n) is 3.43. The van der Waals surface area contributed by atoms with E-state index in [1.807, 2.05) is 0 Å². The Hall–Kier alpha value is -0.990. The lowest BCUT2D eigenvalue weighted by Crippen LogP contribution is -2.04. The molecule has 0 aliphatic heterocycles. The van der Waals surface area contributed by atoms with Gasteiger partial charge in [-0.05, 0) is 29.5 Å². The molecule has 0 bridgehead atoms. The molecular weight excluding hydrogens is 288 g/mol. The number of rotatable bonds is 0. The second-order valence-electron chi connectivity index (χ2n) is 2.49. The van der Waals surface area contributed by atoms with Crippen LogP contribution in [-0.2, 0) is 0 Å². The van der Waals surface area contributed by atoms with E-state index in [0.717, 1.165) is 4.63 Å². The lowest BCUT2D eigenvalue weighted by Gasteiger charge is -1.96. The predicted octanol–water partition coefficient (Wildman–Crippen LogP) is 0.759. The van der Waals surface area contributed by atoms with E-state index in [0.29, 0.717) is 5.82 Å². The molecule has 0 fully saturated rings. The molecule has 0 aromatic carbocycles. The maximum absolute atomic E-state index is 13.3. The quantitative estimate of drug-likeness (QED) is 0.728. The highest BCUT2D eigenvalue weighted by Gasteiger charge is 2.14. The van der Waals surface area contributed by atoms with Gasteiger partial charge in [-0.1, -0.05) is 0 Å². The Morgan fingerprint density at radius 1 is 1.46 bits per heavy atom. The number of nitrogens with zero attached hydrogens (tertiary/aromatic N) is 4. The van der Waals surface area contributed by atoms with E-state index >= 15 is 0 Å². The van der Waals surface area contributed by atoms with Crippen LogP contribution in [0, 0.1) is 16.4 Å². The summed E-state index contributed by atoms with van der Waals surface area (Å²) in [7, 11) is 0. The zero-order valence-electron chi connectivity index (χ0n) is 6.62. The van der Waals surface area contributed by atoms with Crippen molar-refractivity contribution >= 4 is 33.9 Å². The van der Waals surface area contributed by atoms with Gasteiger partial charge < -0.3 is 5.73 Å². The molecule has 0 aliphatic carbocycles. The predicted molar refractivity (Wildman–Crippen MR) is 52.6 cm³/mol. The van der Waals surface area contributed by atoms with Crippen molar-refractivity contribution in [1.29, 1.82) is 0 Å². The molecule has 68 valence electrons. The number of nitrogen functional groups attached to an aromatic ring is 1. The SMILES string of the molecule is Cc1nc(N)c2c(F)c(I)nn2n1. The van der Waals surface area contributed by atoms with Gasteiger partial charge in [-0.15, -0.1) is 14.8 Å². The zero-order chi connectivity index (χ0) is 9.59. The van der Waals surface area contributed by atoms with E-state index in [4.69, 9.17) is 5.73 Å². The van der Waals surface area contributed by atoms with Crippen molar-refractivity contribution < 1.29 is 4.39 Å². The van der Waals surface area contributed by atoms with Crippen LogP contribution in [0.3, 0.4) is 0 Å². The van der Waals surface area contributed by atoms with Gasteiger partial charge in [0, 0.05) is 0 Å². The van der Waals surface area contributed by atoms with E-state index < -0.39 is 5.82 Å². The molecule has 2 heterocycles. The fourth-order valence-corrected chi connectivity index (χ4v) is 1.50. The number of aryl methyl sites for hydroxylation is 1. The fraction of sp³-hybridized carbons (Fsp3) is 0.167. The summed E-state index contributed by atoms with van der Waals surface area (Å²) in [4.78, 5) is 3.84. The number of anilines is 1. The van der Waals surface area contributed by atoms with Crippen LogP contribution >= 0.6 is 22.6 Å². The van der Waals surface area contributed by atoms with Crippen LogP contribution in [0.15, 0.2) is 0 Å². The number of fused-ring (bicyclic) bond motifs is 1. The van der Waals surface area contributed by atoms with Crippen LogP contribution in [0.1, 0.15) is 5.82 Å². The number of aromatic nitrogens is 4. The third-order valence-corrected chi connectivity index (χ3v) is 2.23. The average Bonchev–Trinajstić information content (AvgIpc) is 2.27. The molecule has 0 aliphatic rings. The van der Waals surface area contributed by atoms with Crippen LogP contribution in [0.5, 0.6) is 0 Å². The van der Waals surface area contributed by atoms with Crippen molar-refractivity contribution in [1.82, 2.24) is 19.8 Å². The Bertz CT molecular complexity index is 479. The zero-order valence-corrected chi connectivity index (χ0v) is 8.78. The van der Waals surface area contributed by atoms with Gasteiger partial charge in [0.1, 0.15) is 5.82 Å². The Kier molecular flexibility index (Phi) is 1.82. The largest absolute Gasteiger partial charge is 0.382 e. The summed E-state index contributed by atoms with van der Waals surface area (Å²) in [6.07, 6.45) is 0. The van der Waals surface area contributed by atoms with Gasteiger partial charge >= 0.3 is 0 Å². The number of halogens is 2. The fourth-order valence-electron chi connectivity index (χ4n) is 1.04. The number of nitrogens with two attached hydrogens (primary N) is 1. The summed E-state index contributed by atoms with van der Waals surface area (Å²) in [5.74, 6) is 0.0995. The molecular formula is C6H5FIN5. The molecule has 2 aromatic rings. The highest BCUT2D eigenvalue weighted by atomic mass is 127. The second-order valence-corrected chi connectivity index (χ2v) is 3.51. The van der Waals surface area contributed by atoms with Gasteiger partial charge in [-0.3, -0.25) is 0 Å². The summed E-state index contributed by atoms with van der Waals surface area (Å²) < 4.78 is 14.7. The Morgan fingerprint density at radius 3 is 2.85 bits per heavy atom. The molecule has 0 radical (unpaired) electrons. The summed E-state index contributed by atoms with van der Waals surface area (Å²) in [6, 6.07) is 0. The minimum atomic E-state index is -0.474. The summed E-state index contributed by atoms with van der Waals surface area (Å²) in [5.41, 5.74) is 5.65. The Morgan fingerprint density at radius 2 is 2.15 bits per heavy atom. The van der Waals surface area contributed by atoms with Gasteiger partial charge in [-0.25, -0.2) is 9.37 Å². The van der Waals surface area contributed by atoms with Crippen molar-refractivity contribution in [3.63, 3.8) is 0 Å². The molecule has 2 N–H and O–H groups in total. The van der Waals surface area contributed by atoms with Crippen molar-refractivity contribution in [2.24, 2.45) is 0 Å². The van der Waals surface area contributed by atoms with Crippen LogP contribution in [0.25, 0.3) is 5.52 Å². The Labute approximate surface area is 86.3 Å². The van der Waals surface area contributed by atoms with Gasteiger partial charge in [-0.2, -0.15) is 0 Å². The topological polar surface area (TPSA) is 69.1 Å². The van der Waals surface area contributed by atoms with Gasteiger partial charge in [0.15, 0.2) is 20.9 Å². The molecule has 2 aromatic heterocycles. The summed E-state index contributed by atoms with van der Waals surface area (Å²) in [6.45, 7) is 1.67. The van der Waals surface area contributed by atoms with Crippen molar-refractivity contribution in [2.45, 2.75) is 6.92 Å². The third kappa shape index (κ3) is 1.23. The second kappa shape index (κ2) is 2.76. The maximum atomic E-state index is 13.3. The Balaban J connectivity index is 2.94. The highest BCUT2D eigenvalue weighted by Crippen LogP contribution is 2.18. The van der Waals surface area contributed by atoms with Crippen molar-refractivity contribution in [3.05, 3.63) is 15.3 Å². The molecule has 5 nitrogen and oxygen atoms in total.